The molecular weight excluding hydrogens is 208 g/mol. The summed E-state index contributed by atoms with van der Waals surface area (Å²) in [6, 6.07) is 0. The van der Waals surface area contributed by atoms with Gasteiger partial charge in [0.2, 0.25) is 0 Å². The van der Waals surface area contributed by atoms with Crippen molar-refractivity contribution in [2.24, 2.45) is 0 Å². The third-order valence-corrected chi connectivity index (χ3v) is 2.48. The monoisotopic (exact) mass is 224 g/mol. The SMILES string of the molecule is OCC1=C/C=C(CO)\C(CO)=C/C=C\1CO. The summed E-state index contributed by atoms with van der Waals surface area (Å²) in [5.41, 5.74) is 2.40. The molecule has 0 heterocycles. The minimum atomic E-state index is -0.177. The highest BCUT2D eigenvalue weighted by Crippen LogP contribution is 2.17. The highest BCUT2D eigenvalue weighted by molar-refractivity contribution is 5.46. The smallest absolute Gasteiger partial charge is 0.0685 e. The summed E-state index contributed by atoms with van der Waals surface area (Å²) in [6.07, 6.45) is 6.54. The van der Waals surface area contributed by atoms with E-state index >= 15 is 0 Å². The molecule has 0 spiro atoms. The molecule has 4 heteroatoms. The minimum absolute atomic E-state index is 0.177. The Morgan fingerprint density at radius 1 is 0.500 bits per heavy atom. The topological polar surface area (TPSA) is 80.9 Å². The number of rotatable bonds is 4. The third-order valence-electron chi connectivity index (χ3n) is 2.48. The van der Waals surface area contributed by atoms with Crippen LogP contribution in [-0.2, 0) is 0 Å². The predicted octanol–water partition coefficient (Wildman–Crippen LogP) is -0.325. The molecule has 0 atom stereocenters. The molecule has 0 bridgehead atoms. The Bertz CT molecular complexity index is 289. The van der Waals surface area contributed by atoms with Crippen molar-refractivity contribution in [3.05, 3.63) is 46.6 Å². The molecule has 0 saturated carbocycles. The van der Waals surface area contributed by atoms with E-state index in [0.29, 0.717) is 22.3 Å². The maximum atomic E-state index is 9.11. The fraction of sp³-hybridized carbons (Fsp3) is 0.333. The first-order chi connectivity index (χ1) is 7.76. The van der Waals surface area contributed by atoms with Gasteiger partial charge in [-0.1, -0.05) is 24.3 Å². The molecule has 0 aromatic carbocycles. The van der Waals surface area contributed by atoms with Crippen molar-refractivity contribution in [3.8, 4) is 0 Å². The molecule has 1 aliphatic rings. The summed E-state index contributed by atoms with van der Waals surface area (Å²) in [5.74, 6) is 0. The molecule has 4 nitrogen and oxygen atoms in total. The van der Waals surface area contributed by atoms with Crippen molar-refractivity contribution in [2.45, 2.75) is 0 Å². The molecule has 88 valence electrons. The summed E-state index contributed by atoms with van der Waals surface area (Å²) >= 11 is 0. The second-order valence-corrected chi connectivity index (χ2v) is 3.40. The van der Waals surface area contributed by atoms with Crippen LogP contribution in [0.2, 0.25) is 0 Å². The van der Waals surface area contributed by atoms with Crippen molar-refractivity contribution in [3.63, 3.8) is 0 Å². The molecule has 0 radical (unpaired) electrons. The Morgan fingerprint density at radius 2 is 0.688 bits per heavy atom. The second-order valence-electron chi connectivity index (χ2n) is 3.40. The standard InChI is InChI=1S/C12H16O4/c13-5-9-1-2-10(6-14)12(8-16)4-3-11(9)7-15/h1-4,13-16H,5-8H2/b2-1?,4-3?,9-1-,10-2-,11-3-,11-9?,12-4-,12-10?. The van der Waals surface area contributed by atoms with Crippen LogP contribution in [-0.4, -0.2) is 46.9 Å². The van der Waals surface area contributed by atoms with Crippen LogP contribution in [0.15, 0.2) is 46.6 Å². The van der Waals surface area contributed by atoms with E-state index in [4.69, 9.17) is 20.4 Å². The van der Waals surface area contributed by atoms with E-state index in [-0.39, 0.29) is 26.4 Å². The van der Waals surface area contributed by atoms with Crippen molar-refractivity contribution in [2.75, 3.05) is 26.4 Å². The lowest BCUT2D eigenvalue weighted by Gasteiger charge is -2.11. The Balaban J connectivity index is 3.13. The number of hydrogen-bond acceptors (Lipinski definition) is 4. The average molecular weight is 224 g/mol. The van der Waals surface area contributed by atoms with Gasteiger partial charge in [0, 0.05) is 0 Å². The highest BCUT2D eigenvalue weighted by Gasteiger charge is 2.07. The number of aliphatic hydroxyl groups excluding tert-OH is 4. The summed E-state index contributed by atoms with van der Waals surface area (Å²) in [5, 5.41) is 36.4. The first kappa shape index (κ1) is 12.9. The van der Waals surface area contributed by atoms with Gasteiger partial charge >= 0.3 is 0 Å². The van der Waals surface area contributed by atoms with Crippen molar-refractivity contribution < 1.29 is 20.4 Å². The molecular formula is C12H16O4. The van der Waals surface area contributed by atoms with Crippen LogP contribution >= 0.6 is 0 Å². The van der Waals surface area contributed by atoms with Crippen LogP contribution in [0.4, 0.5) is 0 Å². The van der Waals surface area contributed by atoms with Crippen LogP contribution in [0.1, 0.15) is 0 Å². The number of allylic oxidation sites excluding steroid dienone is 4. The van der Waals surface area contributed by atoms with E-state index in [9.17, 15) is 0 Å². The van der Waals surface area contributed by atoms with E-state index < -0.39 is 0 Å². The Hall–Kier alpha value is -1.20. The zero-order valence-electron chi connectivity index (χ0n) is 8.93. The molecule has 0 saturated heterocycles. The van der Waals surface area contributed by atoms with E-state index in [1.807, 2.05) is 0 Å². The van der Waals surface area contributed by atoms with Gasteiger partial charge in [-0.05, 0) is 22.3 Å². The van der Waals surface area contributed by atoms with Gasteiger partial charge < -0.3 is 20.4 Å². The molecule has 1 aliphatic carbocycles. The molecule has 0 fully saturated rings. The first-order valence-corrected chi connectivity index (χ1v) is 5.00. The minimum Gasteiger partial charge on any atom is -0.392 e. The highest BCUT2D eigenvalue weighted by atomic mass is 16.3. The zero-order valence-corrected chi connectivity index (χ0v) is 8.93. The summed E-state index contributed by atoms with van der Waals surface area (Å²) in [6.45, 7) is -0.707. The second kappa shape index (κ2) is 6.40. The molecule has 0 aromatic rings. The van der Waals surface area contributed by atoms with Crippen molar-refractivity contribution in [1.29, 1.82) is 0 Å². The van der Waals surface area contributed by atoms with Gasteiger partial charge in [0.15, 0.2) is 0 Å². The fourth-order valence-electron chi connectivity index (χ4n) is 1.45. The Morgan fingerprint density at radius 3 is 0.812 bits per heavy atom. The van der Waals surface area contributed by atoms with Gasteiger partial charge in [-0.2, -0.15) is 0 Å². The van der Waals surface area contributed by atoms with Gasteiger partial charge in [0.1, 0.15) is 0 Å². The van der Waals surface area contributed by atoms with E-state index in [1.165, 1.54) is 0 Å². The summed E-state index contributed by atoms with van der Waals surface area (Å²) < 4.78 is 0. The van der Waals surface area contributed by atoms with E-state index in [1.54, 1.807) is 24.3 Å². The van der Waals surface area contributed by atoms with Crippen LogP contribution in [0.3, 0.4) is 0 Å². The quantitative estimate of drug-likeness (QED) is 0.527. The molecule has 0 aromatic heterocycles. The first-order valence-electron chi connectivity index (χ1n) is 5.00. The normalized spacial score (nSPS) is 29.8. The predicted molar refractivity (Wildman–Crippen MR) is 60.7 cm³/mol. The van der Waals surface area contributed by atoms with Gasteiger partial charge in [-0.25, -0.2) is 0 Å². The molecule has 0 aliphatic heterocycles. The third kappa shape index (κ3) is 2.90. The average Bonchev–Trinajstić information content (AvgIpc) is 2.30. The fourth-order valence-corrected chi connectivity index (χ4v) is 1.45. The lowest BCUT2D eigenvalue weighted by atomic mass is 9.99. The van der Waals surface area contributed by atoms with Gasteiger partial charge in [-0.3, -0.25) is 0 Å². The van der Waals surface area contributed by atoms with E-state index in [0.717, 1.165) is 0 Å². The van der Waals surface area contributed by atoms with Gasteiger partial charge in [0.25, 0.3) is 0 Å². The van der Waals surface area contributed by atoms with Crippen molar-refractivity contribution in [1.82, 2.24) is 0 Å². The maximum absolute atomic E-state index is 9.11. The largest absolute Gasteiger partial charge is 0.392 e. The number of aliphatic hydroxyl groups is 4. The molecule has 0 unspecified atom stereocenters. The van der Waals surface area contributed by atoms with Crippen LogP contribution in [0.25, 0.3) is 0 Å². The van der Waals surface area contributed by atoms with Crippen molar-refractivity contribution >= 4 is 0 Å². The van der Waals surface area contributed by atoms with Gasteiger partial charge in [0.05, 0.1) is 26.4 Å². The van der Waals surface area contributed by atoms with E-state index in [2.05, 4.69) is 0 Å². The molecule has 1 rings (SSSR count). The molecule has 4 N–H and O–H groups in total. The molecule has 0 amide bonds. The lowest BCUT2D eigenvalue weighted by molar-refractivity contribution is 0.308. The Kier molecular flexibility index (Phi) is 5.14. The van der Waals surface area contributed by atoms with Crippen LogP contribution in [0.5, 0.6) is 0 Å². The molecule has 16 heavy (non-hydrogen) atoms. The Labute approximate surface area is 94.2 Å². The lowest BCUT2D eigenvalue weighted by Crippen LogP contribution is -2.05. The summed E-state index contributed by atoms with van der Waals surface area (Å²) in [7, 11) is 0. The zero-order chi connectivity index (χ0) is 12.0. The van der Waals surface area contributed by atoms with Gasteiger partial charge in [-0.15, -0.1) is 0 Å². The number of hydrogen-bond donors (Lipinski definition) is 4. The van der Waals surface area contributed by atoms with Crippen LogP contribution < -0.4 is 0 Å². The summed E-state index contributed by atoms with van der Waals surface area (Å²) in [4.78, 5) is 0. The maximum Gasteiger partial charge on any atom is 0.0685 e. The van der Waals surface area contributed by atoms with Crippen LogP contribution in [0, 0.1) is 0 Å².